The van der Waals surface area contributed by atoms with Crippen LogP contribution in [0.15, 0.2) is 53.3 Å². The van der Waals surface area contributed by atoms with E-state index in [-0.39, 0.29) is 0 Å². The van der Waals surface area contributed by atoms with Gasteiger partial charge in [0.1, 0.15) is 0 Å². The normalized spacial score (nSPS) is 14.0. The maximum Gasteiger partial charge on any atom is 0.0895 e. The van der Waals surface area contributed by atoms with Crippen LogP contribution in [0.4, 0.5) is 0 Å². The summed E-state index contributed by atoms with van der Waals surface area (Å²) in [6.07, 6.45) is 9.87. The van der Waals surface area contributed by atoms with Crippen molar-refractivity contribution >= 4 is 12.3 Å². The molecule has 0 amide bonds. The Labute approximate surface area is 162 Å². The average molecular weight is 367 g/mol. The van der Waals surface area contributed by atoms with Gasteiger partial charge in [0.15, 0.2) is 0 Å². The van der Waals surface area contributed by atoms with E-state index in [2.05, 4.69) is 47.0 Å². The minimum atomic E-state index is 0.455. The molecule has 1 heterocycles. The molecule has 0 spiro atoms. The second-order valence-corrected chi connectivity index (χ2v) is 6.42. The van der Waals surface area contributed by atoms with Gasteiger partial charge in [-0.05, 0) is 56.2 Å². The van der Waals surface area contributed by atoms with Gasteiger partial charge in [-0.15, -0.1) is 0 Å². The fourth-order valence-electron chi connectivity index (χ4n) is 2.89. The van der Waals surface area contributed by atoms with Gasteiger partial charge in [0.05, 0.1) is 36.0 Å². The van der Waals surface area contributed by atoms with Crippen molar-refractivity contribution in [3.63, 3.8) is 0 Å². The van der Waals surface area contributed by atoms with E-state index in [0.29, 0.717) is 13.2 Å². The molecule has 0 aliphatic heterocycles. The number of rotatable bonds is 10. The van der Waals surface area contributed by atoms with E-state index in [4.69, 9.17) is 9.72 Å². The summed E-state index contributed by atoms with van der Waals surface area (Å²) in [5, 5.41) is 6.22. The molecule has 0 saturated carbocycles. The van der Waals surface area contributed by atoms with Crippen molar-refractivity contribution in [2.45, 2.75) is 26.4 Å². The number of hydrogen-bond acceptors (Lipinski definition) is 5. The molecule has 0 bridgehead atoms. The molecule has 1 aromatic rings. The molecule has 2 N–H and O–H groups in total. The molecule has 1 aliphatic carbocycles. The molecule has 0 atom stereocenters. The number of allylic oxidation sites excluding steroid dienone is 3. The highest BCUT2D eigenvalue weighted by atomic mass is 16.5. The number of nitrogens with zero attached hydrogens (tertiary/aromatic N) is 2. The maximum absolute atomic E-state index is 5.76. The van der Waals surface area contributed by atoms with Crippen LogP contribution in [0.5, 0.6) is 0 Å². The number of nitrogens with one attached hydrogen (secondary N) is 2. The third-order valence-electron chi connectivity index (χ3n) is 4.31. The summed E-state index contributed by atoms with van der Waals surface area (Å²) in [5.74, 6) is 0. The molecule has 0 aromatic carbocycles. The molecule has 0 unspecified atom stereocenters. The quantitative estimate of drug-likeness (QED) is 0.379. The fourth-order valence-corrected chi connectivity index (χ4v) is 2.89. The third kappa shape index (κ3) is 5.74. The van der Waals surface area contributed by atoms with Crippen LogP contribution in [0.3, 0.4) is 0 Å². The summed E-state index contributed by atoms with van der Waals surface area (Å²) in [7, 11) is 3.77. The maximum atomic E-state index is 5.76. The van der Waals surface area contributed by atoms with Crippen LogP contribution < -0.4 is 10.6 Å². The van der Waals surface area contributed by atoms with Gasteiger partial charge in [0.25, 0.3) is 0 Å². The number of pyridine rings is 1. The van der Waals surface area contributed by atoms with Crippen LogP contribution in [-0.2, 0) is 17.8 Å². The first-order valence-electron chi connectivity index (χ1n) is 9.26. The Morgan fingerprint density at radius 3 is 2.89 bits per heavy atom. The summed E-state index contributed by atoms with van der Waals surface area (Å²) >= 11 is 0. The van der Waals surface area contributed by atoms with Gasteiger partial charge in [0, 0.05) is 25.4 Å². The standard InChI is InChI=1S/C22H30N4O/c1-6-19(22(24-5)16(2)3)25-14-18-13-17-9-7-8-10-20(17)26-21(18)15-27-12-11-23-4/h6,8,10,13-14,23-24H,1-2,7,9,11-12,15H2,3-5H3/b22-19-,25-14?. The lowest BCUT2D eigenvalue weighted by Gasteiger charge is -2.14. The molecule has 0 saturated heterocycles. The summed E-state index contributed by atoms with van der Waals surface area (Å²) in [5.41, 5.74) is 6.69. The highest BCUT2D eigenvalue weighted by molar-refractivity contribution is 5.83. The smallest absolute Gasteiger partial charge is 0.0895 e. The highest BCUT2D eigenvalue weighted by Gasteiger charge is 2.12. The van der Waals surface area contributed by atoms with Gasteiger partial charge >= 0.3 is 0 Å². The van der Waals surface area contributed by atoms with E-state index >= 15 is 0 Å². The Kier molecular flexibility index (Phi) is 8.17. The molecule has 2 rings (SSSR count). The summed E-state index contributed by atoms with van der Waals surface area (Å²) in [4.78, 5) is 9.46. The molecule has 5 heteroatoms. The summed E-state index contributed by atoms with van der Waals surface area (Å²) in [6.45, 7) is 11.7. The largest absolute Gasteiger partial charge is 0.386 e. The van der Waals surface area contributed by atoms with Crippen molar-refractivity contribution in [2.75, 3.05) is 27.2 Å². The Bertz CT molecular complexity index is 775. The van der Waals surface area contributed by atoms with Gasteiger partial charge in [-0.3, -0.25) is 9.98 Å². The molecule has 1 aromatic heterocycles. The van der Waals surface area contributed by atoms with Crippen LogP contribution in [0.2, 0.25) is 0 Å². The predicted molar refractivity (Wildman–Crippen MR) is 114 cm³/mol. The molecular weight excluding hydrogens is 336 g/mol. The van der Waals surface area contributed by atoms with E-state index in [0.717, 1.165) is 53.3 Å². The highest BCUT2D eigenvalue weighted by Crippen LogP contribution is 2.21. The second kappa shape index (κ2) is 10.6. The molecule has 0 fully saturated rings. The monoisotopic (exact) mass is 366 g/mol. The van der Waals surface area contributed by atoms with Crippen LogP contribution in [0.25, 0.3) is 6.08 Å². The lowest BCUT2D eigenvalue weighted by molar-refractivity contribution is 0.121. The number of hydrogen-bond donors (Lipinski definition) is 2. The van der Waals surface area contributed by atoms with Crippen LogP contribution in [-0.4, -0.2) is 38.4 Å². The van der Waals surface area contributed by atoms with Gasteiger partial charge in [0.2, 0.25) is 0 Å². The number of aryl methyl sites for hydroxylation is 1. The first-order chi connectivity index (χ1) is 13.1. The van der Waals surface area contributed by atoms with Gasteiger partial charge < -0.3 is 15.4 Å². The Balaban J connectivity index is 2.36. The molecule has 27 heavy (non-hydrogen) atoms. The zero-order chi connectivity index (χ0) is 19.6. The van der Waals surface area contributed by atoms with E-state index in [9.17, 15) is 0 Å². The Morgan fingerprint density at radius 2 is 2.22 bits per heavy atom. The van der Waals surface area contributed by atoms with Crippen LogP contribution >= 0.6 is 0 Å². The Morgan fingerprint density at radius 1 is 1.41 bits per heavy atom. The zero-order valence-electron chi connectivity index (χ0n) is 16.6. The minimum absolute atomic E-state index is 0.455. The first kappa shape index (κ1) is 20.8. The van der Waals surface area contributed by atoms with Gasteiger partial charge in [-0.1, -0.05) is 19.2 Å². The summed E-state index contributed by atoms with van der Waals surface area (Å²) in [6, 6.07) is 2.17. The van der Waals surface area contributed by atoms with Crippen LogP contribution in [0, 0.1) is 0 Å². The molecule has 0 radical (unpaired) electrons. The van der Waals surface area contributed by atoms with Crippen molar-refractivity contribution in [2.24, 2.45) is 4.99 Å². The fraction of sp³-hybridized carbons (Fsp3) is 0.364. The average Bonchev–Trinajstić information content (AvgIpc) is 2.67. The third-order valence-corrected chi connectivity index (χ3v) is 4.31. The van der Waals surface area contributed by atoms with Crippen molar-refractivity contribution in [1.29, 1.82) is 0 Å². The van der Waals surface area contributed by atoms with E-state index in [1.165, 1.54) is 5.56 Å². The molecule has 144 valence electrons. The van der Waals surface area contributed by atoms with Gasteiger partial charge in [-0.2, -0.15) is 0 Å². The lowest BCUT2D eigenvalue weighted by atomic mass is 9.99. The number of ether oxygens (including phenoxy) is 1. The van der Waals surface area contributed by atoms with Crippen molar-refractivity contribution < 1.29 is 4.74 Å². The van der Waals surface area contributed by atoms with Crippen molar-refractivity contribution in [3.8, 4) is 0 Å². The predicted octanol–water partition coefficient (Wildman–Crippen LogP) is 3.39. The number of likely N-dealkylation sites (N-methyl/N-ethyl adjacent to an activating group) is 2. The zero-order valence-corrected chi connectivity index (χ0v) is 16.6. The number of aromatic nitrogens is 1. The molecular formula is C22H30N4O. The van der Waals surface area contributed by atoms with E-state index in [1.807, 2.05) is 27.2 Å². The summed E-state index contributed by atoms with van der Waals surface area (Å²) < 4.78 is 5.76. The SMILES string of the molecule is C=C/C(N=Cc1cc2c(nc1COCCNC)C=CCC2)=C(/NC)C(=C)C. The number of aliphatic imine (C=N–C) groups is 1. The second-order valence-electron chi connectivity index (χ2n) is 6.42. The minimum Gasteiger partial charge on any atom is -0.386 e. The van der Waals surface area contributed by atoms with Crippen molar-refractivity contribution in [1.82, 2.24) is 15.6 Å². The van der Waals surface area contributed by atoms with E-state index < -0.39 is 0 Å². The van der Waals surface area contributed by atoms with E-state index in [1.54, 1.807) is 6.08 Å². The Hall–Kier alpha value is -2.50. The van der Waals surface area contributed by atoms with Crippen molar-refractivity contribution in [3.05, 3.63) is 70.9 Å². The molecule has 5 nitrogen and oxygen atoms in total. The van der Waals surface area contributed by atoms with Crippen LogP contribution in [0.1, 0.15) is 35.9 Å². The lowest BCUT2D eigenvalue weighted by Crippen LogP contribution is -2.15. The number of fused-ring (bicyclic) bond motifs is 1. The first-order valence-corrected chi connectivity index (χ1v) is 9.26. The molecule has 1 aliphatic rings. The van der Waals surface area contributed by atoms with Gasteiger partial charge in [-0.25, -0.2) is 0 Å². The topological polar surface area (TPSA) is 58.5 Å².